The third-order valence-corrected chi connectivity index (χ3v) is 2.29. The standard InChI is InChI=1S/C12H17NO2/c1-3-4-8-13-12(15)11-9(2)6-5-7-10(11)14/h5-7,14H,3-4,8H2,1-2H3,(H,13,15). The molecule has 0 saturated carbocycles. The van der Waals surface area contributed by atoms with Crippen LogP contribution in [-0.4, -0.2) is 17.6 Å². The first-order chi connectivity index (χ1) is 7.16. The molecule has 82 valence electrons. The van der Waals surface area contributed by atoms with Crippen LogP contribution in [0.5, 0.6) is 5.75 Å². The third-order valence-electron chi connectivity index (χ3n) is 2.29. The summed E-state index contributed by atoms with van der Waals surface area (Å²) in [6, 6.07) is 5.07. The number of amides is 1. The second kappa shape index (κ2) is 5.39. The number of phenols is 1. The Balaban J connectivity index is 2.73. The first kappa shape index (κ1) is 11.6. The number of carbonyl (C=O) groups excluding carboxylic acids is 1. The molecule has 0 unspecified atom stereocenters. The molecule has 0 aliphatic rings. The monoisotopic (exact) mass is 207 g/mol. The van der Waals surface area contributed by atoms with Crippen LogP contribution in [0.15, 0.2) is 18.2 Å². The Kier molecular flexibility index (Phi) is 4.16. The highest BCUT2D eigenvalue weighted by atomic mass is 16.3. The molecule has 3 nitrogen and oxygen atoms in total. The summed E-state index contributed by atoms with van der Waals surface area (Å²) in [5.74, 6) is -0.150. The predicted molar refractivity (Wildman–Crippen MR) is 60.1 cm³/mol. The van der Waals surface area contributed by atoms with Gasteiger partial charge in [-0.15, -0.1) is 0 Å². The molecular formula is C12H17NO2. The van der Waals surface area contributed by atoms with E-state index in [2.05, 4.69) is 12.2 Å². The van der Waals surface area contributed by atoms with Crippen LogP contribution in [0.1, 0.15) is 35.7 Å². The van der Waals surface area contributed by atoms with E-state index < -0.39 is 0 Å². The highest BCUT2D eigenvalue weighted by Gasteiger charge is 2.12. The van der Waals surface area contributed by atoms with Gasteiger partial charge < -0.3 is 10.4 Å². The molecule has 1 rings (SSSR count). The van der Waals surface area contributed by atoms with Gasteiger partial charge in [-0.3, -0.25) is 4.79 Å². The molecule has 0 aliphatic heterocycles. The average Bonchev–Trinajstić information content (AvgIpc) is 2.18. The van der Waals surface area contributed by atoms with Gasteiger partial charge in [0.25, 0.3) is 5.91 Å². The zero-order valence-corrected chi connectivity index (χ0v) is 9.21. The van der Waals surface area contributed by atoms with Crippen LogP contribution in [0.25, 0.3) is 0 Å². The van der Waals surface area contributed by atoms with Gasteiger partial charge in [-0.2, -0.15) is 0 Å². The molecule has 0 bridgehead atoms. The van der Waals surface area contributed by atoms with Crippen molar-refractivity contribution in [2.75, 3.05) is 6.54 Å². The van der Waals surface area contributed by atoms with Gasteiger partial charge in [-0.25, -0.2) is 0 Å². The van der Waals surface area contributed by atoms with Crippen LogP contribution in [0, 0.1) is 6.92 Å². The SMILES string of the molecule is CCCCNC(=O)c1c(C)cccc1O. The fourth-order valence-corrected chi connectivity index (χ4v) is 1.41. The van der Waals surface area contributed by atoms with Gasteiger partial charge in [0.2, 0.25) is 0 Å². The number of nitrogens with one attached hydrogen (secondary N) is 1. The van der Waals surface area contributed by atoms with E-state index in [4.69, 9.17) is 0 Å². The van der Waals surface area contributed by atoms with E-state index in [1.54, 1.807) is 6.07 Å². The number of hydrogen-bond acceptors (Lipinski definition) is 2. The summed E-state index contributed by atoms with van der Waals surface area (Å²) in [5, 5.41) is 12.3. The quantitative estimate of drug-likeness (QED) is 0.744. The molecule has 1 amide bonds. The number of benzene rings is 1. The number of rotatable bonds is 4. The van der Waals surface area contributed by atoms with Crippen LogP contribution in [-0.2, 0) is 0 Å². The van der Waals surface area contributed by atoms with Crippen molar-refractivity contribution in [1.82, 2.24) is 5.32 Å². The summed E-state index contributed by atoms with van der Waals surface area (Å²) in [6.45, 7) is 4.54. The molecule has 0 saturated heterocycles. The maximum Gasteiger partial charge on any atom is 0.255 e. The van der Waals surface area contributed by atoms with E-state index in [-0.39, 0.29) is 11.7 Å². The van der Waals surface area contributed by atoms with E-state index in [0.717, 1.165) is 18.4 Å². The van der Waals surface area contributed by atoms with Crippen molar-refractivity contribution in [1.29, 1.82) is 0 Å². The van der Waals surface area contributed by atoms with E-state index in [1.165, 1.54) is 6.07 Å². The van der Waals surface area contributed by atoms with E-state index >= 15 is 0 Å². The molecule has 1 aromatic carbocycles. The van der Waals surface area contributed by atoms with E-state index in [0.29, 0.717) is 12.1 Å². The molecule has 0 heterocycles. The fourth-order valence-electron chi connectivity index (χ4n) is 1.41. The number of unbranched alkanes of at least 4 members (excludes halogenated alkanes) is 1. The third kappa shape index (κ3) is 2.98. The van der Waals surface area contributed by atoms with Crippen LogP contribution in [0.4, 0.5) is 0 Å². The van der Waals surface area contributed by atoms with E-state index in [9.17, 15) is 9.90 Å². The summed E-state index contributed by atoms with van der Waals surface area (Å²) in [7, 11) is 0. The number of phenolic OH excluding ortho intramolecular Hbond substituents is 1. The van der Waals surface area contributed by atoms with Crippen molar-refractivity contribution in [3.63, 3.8) is 0 Å². The largest absolute Gasteiger partial charge is 0.507 e. The van der Waals surface area contributed by atoms with Crippen LogP contribution in [0.3, 0.4) is 0 Å². The average molecular weight is 207 g/mol. The number of hydrogen-bond donors (Lipinski definition) is 2. The Morgan fingerprint density at radius 3 is 2.80 bits per heavy atom. The maximum atomic E-state index is 11.7. The lowest BCUT2D eigenvalue weighted by atomic mass is 10.1. The lowest BCUT2D eigenvalue weighted by molar-refractivity contribution is 0.0950. The first-order valence-electron chi connectivity index (χ1n) is 5.23. The summed E-state index contributed by atoms with van der Waals surface area (Å²) in [5.41, 5.74) is 1.18. The van der Waals surface area contributed by atoms with Crippen LogP contribution in [0.2, 0.25) is 0 Å². The second-order valence-electron chi connectivity index (χ2n) is 3.58. The Hall–Kier alpha value is -1.51. The molecule has 15 heavy (non-hydrogen) atoms. The Labute approximate surface area is 90.1 Å². The molecule has 0 radical (unpaired) electrons. The maximum absolute atomic E-state index is 11.7. The smallest absolute Gasteiger partial charge is 0.255 e. The van der Waals surface area contributed by atoms with Crippen molar-refractivity contribution < 1.29 is 9.90 Å². The second-order valence-corrected chi connectivity index (χ2v) is 3.58. The Morgan fingerprint density at radius 2 is 2.20 bits per heavy atom. The number of carbonyl (C=O) groups is 1. The normalized spacial score (nSPS) is 10.0. The molecule has 2 N–H and O–H groups in total. The van der Waals surface area contributed by atoms with Crippen molar-refractivity contribution in [2.45, 2.75) is 26.7 Å². The van der Waals surface area contributed by atoms with Gasteiger partial charge in [-0.1, -0.05) is 25.5 Å². The summed E-state index contributed by atoms with van der Waals surface area (Å²) >= 11 is 0. The summed E-state index contributed by atoms with van der Waals surface area (Å²) < 4.78 is 0. The molecular weight excluding hydrogens is 190 g/mol. The van der Waals surface area contributed by atoms with Crippen molar-refractivity contribution >= 4 is 5.91 Å². The van der Waals surface area contributed by atoms with Gasteiger partial charge in [0.15, 0.2) is 0 Å². The number of aromatic hydroxyl groups is 1. The Morgan fingerprint density at radius 1 is 1.47 bits per heavy atom. The summed E-state index contributed by atoms with van der Waals surface area (Å²) in [4.78, 5) is 11.7. The molecule has 3 heteroatoms. The van der Waals surface area contributed by atoms with Gasteiger partial charge in [0, 0.05) is 6.54 Å². The van der Waals surface area contributed by atoms with Crippen LogP contribution >= 0.6 is 0 Å². The molecule has 0 spiro atoms. The first-order valence-corrected chi connectivity index (χ1v) is 5.23. The predicted octanol–water partition coefficient (Wildman–Crippen LogP) is 2.23. The lowest BCUT2D eigenvalue weighted by Gasteiger charge is -2.08. The highest BCUT2D eigenvalue weighted by molar-refractivity contribution is 5.98. The highest BCUT2D eigenvalue weighted by Crippen LogP contribution is 2.19. The summed E-state index contributed by atoms with van der Waals surface area (Å²) in [6.07, 6.45) is 2.00. The van der Waals surface area contributed by atoms with Crippen molar-refractivity contribution in [3.8, 4) is 5.75 Å². The Bertz CT molecular complexity index is 327. The molecule has 0 aliphatic carbocycles. The number of aryl methyl sites for hydroxylation is 1. The minimum Gasteiger partial charge on any atom is -0.507 e. The topological polar surface area (TPSA) is 49.3 Å². The molecule has 1 aromatic rings. The van der Waals surface area contributed by atoms with Crippen molar-refractivity contribution in [3.05, 3.63) is 29.3 Å². The van der Waals surface area contributed by atoms with Crippen molar-refractivity contribution in [2.24, 2.45) is 0 Å². The molecule has 0 fully saturated rings. The molecule has 0 aromatic heterocycles. The van der Waals surface area contributed by atoms with Gasteiger partial charge in [-0.05, 0) is 25.0 Å². The fraction of sp³-hybridized carbons (Fsp3) is 0.417. The van der Waals surface area contributed by atoms with E-state index in [1.807, 2.05) is 13.0 Å². The zero-order chi connectivity index (χ0) is 11.3. The zero-order valence-electron chi connectivity index (χ0n) is 9.21. The van der Waals surface area contributed by atoms with Crippen LogP contribution < -0.4 is 5.32 Å². The van der Waals surface area contributed by atoms with Gasteiger partial charge in [0.1, 0.15) is 5.75 Å². The lowest BCUT2D eigenvalue weighted by Crippen LogP contribution is -2.25. The van der Waals surface area contributed by atoms with Gasteiger partial charge >= 0.3 is 0 Å². The molecule has 0 atom stereocenters. The minimum atomic E-state index is -0.195. The van der Waals surface area contributed by atoms with Gasteiger partial charge in [0.05, 0.1) is 5.56 Å². The minimum absolute atomic E-state index is 0.0454.